The molecule has 2 aromatic heterocycles. The average Bonchev–Trinajstić information content (AvgIpc) is 2.95. The van der Waals surface area contributed by atoms with Gasteiger partial charge < -0.3 is 9.84 Å². The number of hydrogen-bond donors (Lipinski definition) is 1. The molecule has 1 aromatic carbocycles. The smallest absolute Gasteiger partial charge is 0.180 e. The van der Waals surface area contributed by atoms with Crippen molar-refractivity contribution >= 4 is 5.65 Å². The fourth-order valence-electron chi connectivity index (χ4n) is 3.57. The van der Waals surface area contributed by atoms with Crippen molar-refractivity contribution in [3.63, 3.8) is 0 Å². The van der Waals surface area contributed by atoms with Gasteiger partial charge in [-0.3, -0.25) is 4.40 Å². The van der Waals surface area contributed by atoms with Crippen molar-refractivity contribution in [1.82, 2.24) is 9.38 Å². The van der Waals surface area contributed by atoms with E-state index in [4.69, 9.17) is 10.00 Å². The Morgan fingerprint density at radius 1 is 1.32 bits per heavy atom. The van der Waals surface area contributed by atoms with Crippen LogP contribution in [0.3, 0.4) is 0 Å². The van der Waals surface area contributed by atoms with Crippen molar-refractivity contribution in [3.8, 4) is 11.8 Å². The van der Waals surface area contributed by atoms with Crippen LogP contribution >= 0.6 is 0 Å². The van der Waals surface area contributed by atoms with Crippen LogP contribution in [0, 0.1) is 18.3 Å². The van der Waals surface area contributed by atoms with Gasteiger partial charge in [0.25, 0.3) is 0 Å². The molecule has 1 aliphatic carbocycles. The van der Waals surface area contributed by atoms with E-state index in [9.17, 15) is 5.11 Å². The van der Waals surface area contributed by atoms with Gasteiger partial charge in [-0.2, -0.15) is 5.26 Å². The number of ether oxygens (including phenoxy) is 1. The maximum Gasteiger partial charge on any atom is 0.180 e. The van der Waals surface area contributed by atoms with Gasteiger partial charge >= 0.3 is 0 Å². The molecule has 2 atom stereocenters. The number of aromatic nitrogens is 2. The quantitative estimate of drug-likeness (QED) is 0.799. The third-order valence-electron chi connectivity index (χ3n) is 4.83. The number of benzene rings is 1. The first-order valence-electron chi connectivity index (χ1n) is 8.45. The molecule has 0 radical (unpaired) electrons. The number of nitrogens with zero attached hydrogens (tertiary/aromatic N) is 3. The number of pyridine rings is 1. The number of rotatable bonds is 3. The van der Waals surface area contributed by atoms with Crippen LogP contribution in [0.15, 0.2) is 42.6 Å². The van der Waals surface area contributed by atoms with Gasteiger partial charge in [0.2, 0.25) is 0 Å². The lowest BCUT2D eigenvalue weighted by Gasteiger charge is -2.30. The Kier molecular flexibility index (Phi) is 3.90. The summed E-state index contributed by atoms with van der Waals surface area (Å²) in [4.78, 5) is 4.58. The van der Waals surface area contributed by atoms with E-state index < -0.39 is 12.2 Å². The molecule has 4 rings (SSSR count). The lowest BCUT2D eigenvalue weighted by atomic mass is 9.87. The second kappa shape index (κ2) is 6.23. The zero-order valence-corrected chi connectivity index (χ0v) is 14.0. The summed E-state index contributed by atoms with van der Waals surface area (Å²) in [5.74, 6) is 0.621. The van der Waals surface area contributed by atoms with Crippen LogP contribution in [-0.4, -0.2) is 20.6 Å². The van der Waals surface area contributed by atoms with E-state index in [2.05, 4.69) is 17.1 Å². The number of aliphatic hydroxyl groups excluding tert-OH is 1. The first-order chi connectivity index (χ1) is 12.2. The first kappa shape index (κ1) is 15.7. The second-order valence-corrected chi connectivity index (χ2v) is 6.39. The highest BCUT2D eigenvalue weighted by atomic mass is 16.5. The summed E-state index contributed by atoms with van der Waals surface area (Å²) in [6.45, 7) is 1.90. The second-order valence-electron chi connectivity index (χ2n) is 6.39. The number of fused-ring (bicyclic) bond motifs is 2. The van der Waals surface area contributed by atoms with Crippen LogP contribution < -0.4 is 4.74 Å². The van der Waals surface area contributed by atoms with E-state index in [0.29, 0.717) is 24.2 Å². The highest BCUT2D eigenvalue weighted by Crippen LogP contribution is 2.35. The van der Waals surface area contributed by atoms with Crippen molar-refractivity contribution in [1.29, 1.82) is 5.26 Å². The summed E-state index contributed by atoms with van der Waals surface area (Å²) in [6, 6.07) is 14.0. The van der Waals surface area contributed by atoms with Crippen molar-refractivity contribution in [2.45, 2.75) is 38.4 Å². The highest BCUT2D eigenvalue weighted by molar-refractivity contribution is 5.56. The average molecular weight is 333 g/mol. The zero-order valence-electron chi connectivity index (χ0n) is 14.0. The minimum atomic E-state index is -0.551. The van der Waals surface area contributed by atoms with Crippen molar-refractivity contribution in [2.75, 3.05) is 0 Å². The minimum Gasteiger partial charge on any atom is -0.479 e. The summed E-state index contributed by atoms with van der Waals surface area (Å²) >= 11 is 0. The molecule has 0 aliphatic heterocycles. The molecule has 25 heavy (non-hydrogen) atoms. The Labute approximate surface area is 146 Å². The standard InChI is InChI=1S/C20H19N3O2/c1-13-16(10-11-21)23-12-4-7-18(20(23)22-13)25-19-15-6-3-2-5-14(15)8-9-17(19)24/h2-7,12,17,19,24H,8-10H2,1H3/t17-,19-/m1/s1. The van der Waals surface area contributed by atoms with Gasteiger partial charge in [-0.1, -0.05) is 24.3 Å². The molecule has 5 nitrogen and oxygen atoms in total. The van der Waals surface area contributed by atoms with Crippen LogP contribution in [0.4, 0.5) is 0 Å². The van der Waals surface area contributed by atoms with E-state index in [0.717, 1.165) is 23.4 Å². The molecule has 0 bridgehead atoms. The fourth-order valence-corrected chi connectivity index (χ4v) is 3.57. The molecule has 0 saturated carbocycles. The molecule has 1 aliphatic rings. The van der Waals surface area contributed by atoms with Crippen LogP contribution in [0.5, 0.6) is 5.75 Å². The summed E-state index contributed by atoms with van der Waals surface area (Å²) < 4.78 is 8.14. The Balaban J connectivity index is 1.77. The molecule has 3 aromatic rings. The van der Waals surface area contributed by atoms with Crippen LogP contribution in [0.1, 0.15) is 35.0 Å². The van der Waals surface area contributed by atoms with Gasteiger partial charge in [-0.15, -0.1) is 0 Å². The first-order valence-corrected chi connectivity index (χ1v) is 8.45. The number of aliphatic hydroxyl groups is 1. The molecule has 0 fully saturated rings. The van der Waals surface area contributed by atoms with E-state index in [1.165, 1.54) is 5.56 Å². The minimum absolute atomic E-state index is 0.297. The Morgan fingerprint density at radius 3 is 3.00 bits per heavy atom. The molecular weight excluding hydrogens is 314 g/mol. The summed E-state index contributed by atoms with van der Waals surface area (Å²) in [7, 11) is 0. The number of nitriles is 1. The van der Waals surface area contributed by atoms with Crippen LogP contribution in [0.25, 0.3) is 5.65 Å². The predicted octanol–water partition coefficient (Wildman–Crippen LogP) is 3.14. The van der Waals surface area contributed by atoms with Crippen molar-refractivity contribution < 1.29 is 9.84 Å². The monoisotopic (exact) mass is 333 g/mol. The topological polar surface area (TPSA) is 70.6 Å². The van der Waals surface area contributed by atoms with Gasteiger partial charge in [0.15, 0.2) is 11.4 Å². The van der Waals surface area contributed by atoms with E-state index in [1.54, 1.807) is 0 Å². The Bertz CT molecular complexity index is 971. The molecular formula is C20H19N3O2. The van der Waals surface area contributed by atoms with E-state index in [-0.39, 0.29) is 0 Å². The lowest BCUT2D eigenvalue weighted by molar-refractivity contribution is 0.0234. The molecule has 0 spiro atoms. The van der Waals surface area contributed by atoms with E-state index in [1.807, 2.05) is 47.9 Å². The molecule has 5 heteroatoms. The highest BCUT2D eigenvalue weighted by Gasteiger charge is 2.30. The molecule has 0 amide bonds. The fraction of sp³-hybridized carbons (Fsp3) is 0.300. The van der Waals surface area contributed by atoms with Gasteiger partial charge in [-0.25, -0.2) is 4.98 Å². The SMILES string of the molecule is Cc1nc2c(O[C@@H]3c4ccccc4CC[C@H]3O)cccn2c1CC#N. The maximum atomic E-state index is 10.5. The van der Waals surface area contributed by atoms with Crippen molar-refractivity contribution in [2.24, 2.45) is 0 Å². The number of hydrogen-bond acceptors (Lipinski definition) is 4. The number of imidazole rings is 1. The van der Waals surface area contributed by atoms with Crippen molar-refractivity contribution in [3.05, 3.63) is 65.1 Å². The largest absolute Gasteiger partial charge is 0.479 e. The van der Waals surface area contributed by atoms with Gasteiger partial charge in [0, 0.05) is 6.20 Å². The molecule has 2 heterocycles. The van der Waals surface area contributed by atoms with E-state index >= 15 is 0 Å². The Morgan fingerprint density at radius 2 is 2.16 bits per heavy atom. The predicted molar refractivity (Wildman–Crippen MR) is 93.4 cm³/mol. The van der Waals surface area contributed by atoms with Gasteiger partial charge in [0.05, 0.1) is 30.0 Å². The summed E-state index contributed by atoms with van der Waals surface area (Å²) in [5.41, 5.74) is 4.62. The molecule has 1 N–H and O–H groups in total. The molecule has 126 valence electrons. The molecule has 0 unspecified atom stereocenters. The molecule has 0 saturated heterocycles. The Hall–Kier alpha value is -2.84. The van der Waals surface area contributed by atoms with Crippen LogP contribution in [-0.2, 0) is 12.8 Å². The third kappa shape index (κ3) is 2.65. The zero-order chi connectivity index (χ0) is 17.4. The maximum absolute atomic E-state index is 10.5. The third-order valence-corrected chi connectivity index (χ3v) is 4.83. The summed E-state index contributed by atoms with van der Waals surface area (Å²) in [6.07, 6.45) is 2.76. The number of aryl methyl sites for hydroxylation is 2. The summed E-state index contributed by atoms with van der Waals surface area (Å²) in [5, 5.41) is 19.5. The van der Waals surface area contributed by atoms with Gasteiger partial charge in [-0.05, 0) is 43.0 Å². The lowest BCUT2D eigenvalue weighted by Crippen LogP contribution is -2.29. The van der Waals surface area contributed by atoms with Gasteiger partial charge in [0.1, 0.15) is 6.10 Å². The normalized spacial score (nSPS) is 19.4. The van der Waals surface area contributed by atoms with Crippen LogP contribution in [0.2, 0.25) is 0 Å².